The van der Waals surface area contributed by atoms with Crippen molar-refractivity contribution in [1.82, 2.24) is 0 Å². The normalized spacial score (nSPS) is 10.8. The SMILES string of the molecule is C=CC=C(CC(=O)O)C(=C)Cl. The number of allylic oxidation sites excluding steroid dienone is 3. The van der Waals surface area contributed by atoms with Crippen LogP contribution in [-0.4, -0.2) is 11.1 Å². The minimum Gasteiger partial charge on any atom is -0.481 e. The van der Waals surface area contributed by atoms with E-state index in [1.165, 1.54) is 12.2 Å². The van der Waals surface area contributed by atoms with E-state index in [9.17, 15) is 4.79 Å². The van der Waals surface area contributed by atoms with Crippen LogP contribution in [0.3, 0.4) is 0 Å². The maximum Gasteiger partial charge on any atom is 0.307 e. The van der Waals surface area contributed by atoms with E-state index < -0.39 is 5.97 Å². The second-order valence-corrected chi connectivity index (χ2v) is 2.36. The van der Waals surface area contributed by atoms with Gasteiger partial charge in [-0.1, -0.05) is 36.9 Å². The van der Waals surface area contributed by atoms with Gasteiger partial charge in [0.05, 0.1) is 6.42 Å². The van der Waals surface area contributed by atoms with Crippen molar-refractivity contribution < 1.29 is 9.90 Å². The van der Waals surface area contributed by atoms with Gasteiger partial charge in [0.2, 0.25) is 0 Å². The number of hydrogen-bond acceptors (Lipinski definition) is 1. The Morgan fingerprint density at radius 1 is 1.64 bits per heavy atom. The second-order valence-electron chi connectivity index (χ2n) is 1.90. The van der Waals surface area contributed by atoms with Crippen molar-refractivity contribution >= 4 is 17.6 Å². The standard InChI is InChI=1S/C8H9ClO2/c1-3-4-7(6(2)9)5-8(10)11/h3-4H,1-2,5H2,(H,10,11). The quantitative estimate of drug-likeness (QED) is 0.661. The van der Waals surface area contributed by atoms with Crippen molar-refractivity contribution in [3.63, 3.8) is 0 Å². The average molecular weight is 173 g/mol. The second kappa shape index (κ2) is 4.74. The van der Waals surface area contributed by atoms with Gasteiger partial charge in [-0.3, -0.25) is 4.79 Å². The third-order valence-electron chi connectivity index (χ3n) is 1.01. The molecule has 0 aromatic rings. The molecule has 0 rings (SSSR count). The molecule has 0 amide bonds. The van der Waals surface area contributed by atoms with E-state index in [4.69, 9.17) is 16.7 Å². The summed E-state index contributed by atoms with van der Waals surface area (Å²) >= 11 is 5.49. The molecule has 0 aliphatic rings. The van der Waals surface area contributed by atoms with E-state index in [-0.39, 0.29) is 11.5 Å². The number of aliphatic carboxylic acids is 1. The summed E-state index contributed by atoms with van der Waals surface area (Å²) in [5.74, 6) is -0.931. The first kappa shape index (κ1) is 9.98. The Bertz CT molecular complexity index is 216. The van der Waals surface area contributed by atoms with Crippen LogP contribution in [0.4, 0.5) is 0 Å². The minimum atomic E-state index is -0.931. The van der Waals surface area contributed by atoms with E-state index in [2.05, 4.69) is 13.2 Å². The van der Waals surface area contributed by atoms with Crippen LogP contribution >= 0.6 is 11.6 Å². The zero-order valence-corrected chi connectivity index (χ0v) is 6.77. The molecule has 11 heavy (non-hydrogen) atoms. The van der Waals surface area contributed by atoms with Gasteiger partial charge >= 0.3 is 5.97 Å². The summed E-state index contributed by atoms with van der Waals surface area (Å²) in [6.07, 6.45) is 2.89. The van der Waals surface area contributed by atoms with Gasteiger partial charge in [-0.05, 0) is 5.57 Å². The molecule has 0 aliphatic carbocycles. The van der Waals surface area contributed by atoms with Gasteiger partial charge in [0.1, 0.15) is 0 Å². The van der Waals surface area contributed by atoms with Gasteiger partial charge in [-0.15, -0.1) is 0 Å². The number of rotatable bonds is 4. The Balaban J connectivity index is 4.35. The summed E-state index contributed by atoms with van der Waals surface area (Å²) in [5, 5.41) is 8.63. The van der Waals surface area contributed by atoms with Crippen molar-refractivity contribution in [3.8, 4) is 0 Å². The van der Waals surface area contributed by atoms with Gasteiger partial charge in [-0.25, -0.2) is 0 Å². The lowest BCUT2D eigenvalue weighted by atomic mass is 10.2. The summed E-state index contributed by atoms with van der Waals surface area (Å²) in [4.78, 5) is 10.2. The maximum atomic E-state index is 10.2. The molecule has 0 atom stereocenters. The molecule has 0 aliphatic heterocycles. The Morgan fingerprint density at radius 2 is 2.18 bits per heavy atom. The van der Waals surface area contributed by atoms with Crippen LogP contribution in [0, 0.1) is 0 Å². The number of carboxylic acids is 1. The van der Waals surface area contributed by atoms with Crippen LogP contribution in [0.1, 0.15) is 6.42 Å². The highest BCUT2D eigenvalue weighted by molar-refractivity contribution is 6.31. The smallest absolute Gasteiger partial charge is 0.307 e. The minimum absolute atomic E-state index is 0.117. The zero-order valence-electron chi connectivity index (χ0n) is 6.01. The molecule has 1 N–H and O–H groups in total. The molecule has 0 radical (unpaired) electrons. The summed E-state index contributed by atoms with van der Waals surface area (Å²) in [5.41, 5.74) is 0.481. The summed E-state index contributed by atoms with van der Waals surface area (Å²) in [7, 11) is 0. The zero-order chi connectivity index (χ0) is 8.85. The highest BCUT2D eigenvalue weighted by Crippen LogP contribution is 2.15. The van der Waals surface area contributed by atoms with Crippen LogP contribution in [0.2, 0.25) is 0 Å². The van der Waals surface area contributed by atoms with E-state index >= 15 is 0 Å². The van der Waals surface area contributed by atoms with E-state index in [0.29, 0.717) is 5.57 Å². The first-order valence-corrected chi connectivity index (χ1v) is 3.34. The van der Waals surface area contributed by atoms with Crippen molar-refractivity contribution in [2.75, 3.05) is 0 Å². The van der Waals surface area contributed by atoms with Gasteiger partial charge in [0.25, 0.3) is 0 Å². The van der Waals surface area contributed by atoms with Crippen LogP contribution < -0.4 is 0 Å². The van der Waals surface area contributed by atoms with Crippen LogP contribution in [0.15, 0.2) is 35.9 Å². The summed E-state index contributed by atoms with van der Waals surface area (Å²) in [6, 6.07) is 0. The third kappa shape index (κ3) is 4.39. The molecular weight excluding hydrogens is 164 g/mol. The third-order valence-corrected chi connectivity index (χ3v) is 1.25. The molecule has 0 bridgehead atoms. The lowest BCUT2D eigenvalue weighted by Gasteiger charge is -1.98. The highest BCUT2D eigenvalue weighted by Gasteiger charge is 2.04. The molecule has 0 heterocycles. The van der Waals surface area contributed by atoms with Crippen molar-refractivity contribution in [2.24, 2.45) is 0 Å². The fourth-order valence-corrected chi connectivity index (χ4v) is 0.680. The highest BCUT2D eigenvalue weighted by atomic mass is 35.5. The Hall–Kier alpha value is -1.02. The number of halogens is 1. The summed E-state index contributed by atoms with van der Waals surface area (Å²) in [6.45, 7) is 6.83. The fraction of sp³-hybridized carbons (Fsp3) is 0.125. The van der Waals surface area contributed by atoms with Gasteiger partial charge in [-0.2, -0.15) is 0 Å². The molecule has 0 saturated carbocycles. The van der Waals surface area contributed by atoms with Crippen molar-refractivity contribution in [3.05, 3.63) is 35.9 Å². The van der Waals surface area contributed by atoms with E-state index in [0.717, 1.165) is 0 Å². The lowest BCUT2D eigenvalue weighted by molar-refractivity contribution is -0.136. The molecule has 3 heteroatoms. The van der Waals surface area contributed by atoms with Gasteiger partial charge in [0, 0.05) is 5.03 Å². The monoisotopic (exact) mass is 172 g/mol. The summed E-state index contributed by atoms with van der Waals surface area (Å²) < 4.78 is 0. The van der Waals surface area contributed by atoms with Crippen LogP contribution in [0.25, 0.3) is 0 Å². The molecule has 0 fully saturated rings. The molecule has 0 saturated heterocycles. The van der Waals surface area contributed by atoms with Crippen molar-refractivity contribution in [1.29, 1.82) is 0 Å². The number of hydrogen-bond donors (Lipinski definition) is 1. The maximum absolute atomic E-state index is 10.2. The fourth-order valence-electron chi connectivity index (χ4n) is 0.550. The predicted molar refractivity (Wildman–Crippen MR) is 45.5 cm³/mol. The lowest BCUT2D eigenvalue weighted by Crippen LogP contribution is -1.96. The van der Waals surface area contributed by atoms with Gasteiger partial charge in [0.15, 0.2) is 0 Å². The number of carbonyl (C=O) groups is 1. The molecule has 2 nitrogen and oxygen atoms in total. The largest absolute Gasteiger partial charge is 0.481 e. The Labute approximate surface area is 70.5 Å². The first-order chi connectivity index (χ1) is 5.07. The van der Waals surface area contributed by atoms with Crippen LogP contribution in [-0.2, 0) is 4.79 Å². The topological polar surface area (TPSA) is 37.3 Å². The Kier molecular flexibility index (Phi) is 4.30. The Morgan fingerprint density at radius 3 is 2.45 bits per heavy atom. The predicted octanol–water partition coefficient (Wildman–Crippen LogP) is 2.33. The molecule has 0 aromatic carbocycles. The van der Waals surface area contributed by atoms with Crippen LogP contribution in [0.5, 0.6) is 0 Å². The molecule has 0 spiro atoms. The molecule has 0 aromatic heterocycles. The van der Waals surface area contributed by atoms with E-state index in [1.54, 1.807) is 0 Å². The molecular formula is C8H9ClO2. The average Bonchev–Trinajstić information content (AvgIpc) is 1.86. The number of carboxylic acid groups (broad SMARTS) is 1. The first-order valence-electron chi connectivity index (χ1n) is 2.96. The molecule has 0 unspecified atom stereocenters. The van der Waals surface area contributed by atoms with E-state index in [1.807, 2.05) is 0 Å². The molecule has 60 valence electrons. The van der Waals surface area contributed by atoms with Crippen molar-refractivity contribution in [2.45, 2.75) is 6.42 Å². The van der Waals surface area contributed by atoms with Gasteiger partial charge < -0.3 is 5.11 Å².